The predicted octanol–water partition coefficient (Wildman–Crippen LogP) is 3.11. The Bertz CT molecular complexity index is 434. The van der Waals surface area contributed by atoms with Crippen LogP contribution in [0.25, 0.3) is 0 Å². The van der Waals surface area contributed by atoms with Crippen LogP contribution >= 0.6 is 34.2 Å². The monoisotopic (exact) mass is 369 g/mol. The molecule has 0 aliphatic rings. The highest BCUT2D eigenvalue weighted by atomic mass is 127. The molecule has 1 aromatic heterocycles. The third-order valence-electron chi connectivity index (χ3n) is 1.69. The Kier molecular flexibility index (Phi) is 4.54. The van der Waals surface area contributed by atoms with Gasteiger partial charge in [0.15, 0.2) is 11.0 Å². The van der Waals surface area contributed by atoms with Crippen molar-refractivity contribution in [1.82, 2.24) is 9.97 Å². The Hall–Kier alpha value is -0.630. The molecule has 1 aromatic rings. The Morgan fingerprint density at radius 3 is 2.59 bits per heavy atom. The van der Waals surface area contributed by atoms with Gasteiger partial charge in [-0.3, -0.25) is 4.90 Å². The molecule has 7 heteroatoms. The number of ether oxygens (including phenoxy) is 1. The highest BCUT2D eigenvalue weighted by molar-refractivity contribution is 14.1. The van der Waals surface area contributed by atoms with E-state index in [9.17, 15) is 4.79 Å². The number of anilines is 1. The summed E-state index contributed by atoms with van der Waals surface area (Å²) in [5, 5.41) is 0.263. The van der Waals surface area contributed by atoms with Crippen molar-refractivity contribution in [3.8, 4) is 0 Å². The molecule has 0 unspecified atom stereocenters. The van der Waals surface area contributed by atoms with Crippen LogP contribution in [0.2, 0.25) is 5.15 Å². The van der Waals surface area contributed by atoms with E-state index in [2.05, 4.69) is 9.97 Å². The molecule has 0 radical (unpaired) electrons. The van der Waals surface area contributed by atoms with Gasteiger partial charge in [-0.1, -0.05) is 11.6 Å². The number of hydrogen-bond acceptors (Lipinski definition) is 4. The minimum Gasteiger partial charge on any atom is -0.443 e. The molecule has 1 heterocycles. The highest BCUT2D eigenvalue weighted by Gasteiger charge is 2.21. The van der Waals surface area contributed by atoms with Crippen LogP contribution in [-0.2, 0) is 4.74 Å². The summed E-state index contributed by atoms with van der Waals surface area (Å²) in [6.07, 6.45) is 0.974. The summed E-state index contributed by atoms with van der Waals surface area (Å²) in [5.74, 6) is 0.352. The van der Waals surface area contributed by atoms with Crippen LogP contribution in [0.1, 0.15) is 20.8 Å². The smallest absolute Gasteiger partial charge is 0.415 e. The second kappa shape index (κ2) is 5.34. The first-order valence-corrected chi connectivity index (χ1v) is 6.31. The van der Waals surface area contributed by atoms with E-state index in [1.54, 1.807) is 27.8 Å². The Morgan fingerprint density at radius 2 is 2.12 bits per heavy atom. The molecule has 1 rings (SSSR count). The number of rotatable bonds is 1. The topological polar surface area (TPSA) is 55.3 Å². The zero-order valence-corrected chi connectivity index (χ0v) is 12.9. The number of carbonyl (C=O) groups is 1. The van der Waals surface area contributed by atoms with Crippen LogP contribution < -0.4 is 4.90 Å². The number of hydrogen-bond donors (Lipinski definition) is 0. The third kappa shape index (κ3) is 4.27. The van der Waals surface area contributed by atoms with Gasteiger partial charge in [0.2, 0.25) is 0 Å². The molecule has 0 spiro atoms. The minimum absolute atomic E-state index is 0.263. The third-order valence-corrected chi connectivity index (χ3v) is 3.06. The van der Waals surface area contributed by atoms with E-state index in [0.717, 1.165) is 0 Å². The van der Waals surface area contributed by atoms with Crippen LogP contribution in [0.3, 0.4) is 0 Å². The van der Waals surface area contributed by atoms with Crippen molar-refractivity contribution >= 4 is 46.1 Å². The highest BCUT2D eigenvalue weighted by Crippen LogP contribution is 2.19. The summed E-state index contributed by atoms with van der Waals surface area (Å²) in [4.78, 5) is 21.1. The molecule has 94 valence electrons. The van der Waals surface area contributed by atoms with Crippen LogP contribution in [-0.4, -0.2) is 28.7 Å². The van der Waals surface area contributed by atoms with Gasteiger partial charge >= 0.3 is 6.09 Å². The second-order valence-corrected chi connectivity index (χ2v) is 5.73. The molecule has 0 fully saturated rings. The normalized spacial score (nSPS) is 11.2. The number of carbonyl (C=O) groups excluding carboxylic acids is 1. The van der Waals surface area contributed by atoms with Crippen molar-refractivity contribution < 1.29 is 9.53 Å². The van der Waals surface area contributed by atoms with Gasteiger partial charge in [-0.05, 0) is 43.4 Å². The lowest BCUT2D eigenvalue weighted by Crippen LogP contribution is -2.34. The molecule has 0 bridgehead atoms. The van der Waals surface area contributed by atoms with E-state index in [4.69, 9.17) is 16.3 Å². The molecule has 17 heavy (non-hydrogen) atoms. The predicted molar refractivity (Wildman–Crippen MR) is 74.4 cm³/mol. The molecule has 0 atom stereocenters. The molecular formula is C10H13ClIN3O2. The molecule has 0 N–H and O–H groups in total. The van der Waals surface area contributed by atoms with E-state index in [0.29, 0.717) is 9.52 Å². The van der Waals surface area contributed by atoms with Crippen LogP contribution in [0.4, 0.5) is 10.6 Å². The summed E-state index contributed by atoms with van der Waals surface area (Å²) < 4.78 is 5.79. The lowest BCUT2D eigenvalue weighted by Gasteiger charge is -2.23. The Morgan fingerprint density at radius 1 is 1.53 bits per heavy atom. The summed E-state index contributed by atoms with van der Waals surface area (Å²) in [6, 6.07) is 0. The quantitative estimate of drug-likeness (QED) is 0.714. The fraction of sp³-hybridized carbons (Fsp3) is 0.500. The molecule has 0 saturated heterocycles. The fourth-order valence-corrected chi connectivity index (χ4v) is 1.32. The lowest BCUT2D eigenvalue weighted by atomic mass is 10.2. The van der Waals surface area contributed by atoms with E-state index in [-0.39, 0.29) is 5.15 Å². The van der Waals surface area contributed by atoms with Crippen molar-refractivity contribution in [2.75, 3.05) is 11.9 Å². The van der Waals surface area contributed by atoms with E-state index in [1.807, 2.05) is 22.6 Å². The van der Waals surface area contributed by atoms with Crippen LogP contribution in [0.15, 0.2) is 6.20 Å². The molecule has 1 amide bonds. The second-order valence-electron chi connectivity index (χ2n) is 4.35. The first kappa shape index (κ1) is 14.4. The van der Waals surface area contributed by atoms with Crippen molar-refractivity contribution in [2.45, 2.75) is 26.4 Å². The van der Waals surface area contributed by atoms with E-state index in [1.165, 1.54) is 11.1 Å². The van der Waals surface area contributed by atoms with Crippen molar-refractivity contribution in [2.24, 2.45) is 0 Å². The molecule has 0 aliphatic heterocycles. The van der Waals surface area contributed by atoms with Crippen molar-refractivity contribution in [3.05, 3.63) is 15.1 Å². The number of aromatic nitrogens is 2. The molecule has 5 nitrogen and oxygen atoms in total. The van der Waals surface area contributed by atoms with Crippen molar-refractivity contribution in [1.29, 1.82) is 0 Å². The van der Waals surface area contributed by atoms with Gasteiger partial charge < -0.3 is 4.74 Å². The first-order valence-electron chi connectivity index (χ1n) is 4.85. The Labute approximate surface area is 119 Å². The van der Waals surface area contributed by atoms with Gasteiger partial charge in [0.05, 0.1) is 6.20 Å². The SMILES string of the molecule is CN(C(=O)OC(C)(C)C)c1cnc(I)c(Cl)n1. The number of nitrogens with zero attached hydrogens (tertiary/aromatic N) is 3. The van der Waals surface area contributed by atoms with Crippen molar-refractivity contribution in [3.63, 3.8) is 0 Å². The Balaban J connectivity index is 2.85. The fourth-order valence-electron chi connectivity index (χ4n) is 0.929. The average Bonchev–Trinajstić information content (AvgIpc) is 2.18. The average molecular weight is 370 g/mol. The van der Waals surface area contributed by atoms with Crippen LogP contribution in [0, 0.1) is 3.70 Å². The number of amides is 1. The zero-order chi connectivity index (χ0) is 13.2. The van der Waals surface area contributed by atoms with E-state index >= 15 is 0 Å². The van der Waals surface area contributed by atoms with Gasteiger partial charge in [0.1, 0.15) is 9.30 Å². The maximum absolute atomic E-state index is 11.7. The van der Waals surface area contributed by atoms with Crippen LogP contribution in [0.5, 0.6) is 0 Å². The molecule has 0 aromatic carbocycles. The molecule has 0 saturated carbocycles. The largest absolute Gasteiger partial charge is 0.443 e. The van der Waals surface area contributed by atoms with E-state index < -0.39 is 11.7 Å². The van der Waals surface area contributed by atoms with Gasteiger partial charge in [-0.2, -0.15) is 0 Å². The summed E-state index contributed by atoms with van der Waals surface area (Å²) in [7, 11) is 1.56. The molecule has 0 aliphatic carbocycles. The lowest BCUT2D eigenvalue weighted by molar-refractivity contribution is 0.0588. The summed E-state index contributed by atoms with van der Waals surface area (Å²) in [5.41, 5.74) is -0.550. The maximum Gasteiger partial charge on any atom is 0.415 e. The number of halogens is 2. The van der Waals surface area contributed by atoms with Gasteiger partial charge in [0, 0.05) is 7.05 Å². The standard InChI is InChI=1S/C10H13ClIN3O2/c1-10(2,3)17-9(16)15(4)6-5-13-8(12)7(11)14-6/h5H,1-4H3. The minimum atomic E-state index is -0.550. The van der Waals surface area contributed by atoms with Gasteiger partial charge in [-0.15, -0.1) is 0 Å². The first-order chi connectivity index (χ1) is 7.70. The molecular weight excluding hydrogens is 356 g/mol. The van der Waals surface area contributed by atoms with Gasteiger partial charge in [0.25, 0.3) is 0 Å². The maximum atomic E-state index is 11.7. The zero-order valence-electron chi connectivity index (χ0n) is 9.99. The van der Waals surface area contributed by atoms with Gasteiger partial charge in [-0.25, -0.2) is 14.8 Å². The summed E-state index contributed by atoms with van der Waals surface area (Å²) >= 11 is 7.80. The summed E-state index contributed by atoms with van der Waals surface area (Å²) in [6.45, 7) is 5.39.